The molecular weight excluding hydrogens is 658 g/mol. The second kappa shape index (κ2) is 12.0. The Balaban J connectivity index is 1.49. The number of nitrogens with one attached hydrogen (secondary N) is 2. The number of esters is 1. The van der Waals surface area contributed by atoms with Crippen LogP contribution in [0.25, 0.3) is 22.0 Å². The van der Waals surface area contributed by atoms with Gasteiger partial charge in [0, 0.05) is 31.6 Å². The molecule has 0 unspecified atom stereocenters. The zero-order valence-corrected chi connectivity index (χ0v) is 24.2. The van der Waals surface area contributed by atoms with E-state index in [0.29, 0.717) is 15.6 Å². The molecule has 0 aliphatic heterocycles. The van der Waals surface area contributed by atoms with Gasteiger partial charge in [0.2, 0.25) is 0 Å². The van der Waals surface area contributed by atoms with Crippen molar-refractivity contribution >= 4 is 68.1 Å². The first kappa shape index (κ1) is 29.4. The molecule has 0 saturated carbocycles. The molecule has 12 heteroatoms. The Hall–Kier alpha value is -4.12. The first-order valence-electron chi connectivity index (χ1n) is 12.1. The molecule has 0 saturated heterocycles. The number of hydrogen-bond acceptors (Lipinski definition) is 4. The lowest BCUT2D eigenvalue weighted by molar-refractivity contribution is -0.136. The zero-order chi connectivity index (χ0) is 30.0. The summed E-state index contributed by atoms with van der Waals surface area (Å²) in [4.78, 5) is 28.7. The van der Waals surface area contributed by atoms with Crippen LogP contribution < -0.4 is 10.2 Å². The van der Waals surface area contributed by atoms with Crippen molar-refractivity contribution in [3.8, 4) is 16.9 Å². The number of carbonyl (C=O) groups is 2. The molecule has 0 radical (unpaired) electrons. The highest BCUT2D eigenvalue weighted by Gasteiger charge is 2.35. The SMILES string of the molecule is O=C(Oc1ccc(Br)cc1C=NNC(=O)c1[nH]c2c(C(F)(F)F)cccc2c1-c1ccccc1Cl)c1ccccc1Cl. The third kappa shape index (κ3) is 6.06. The number of rotatable bonds is 6. The van der Waals surface area contributed by atoms with E-state index in [0.717, 1.165) is 6.07 Å². The molecule has 1 amide bonds. The van der Waals surface area contributed by atoms with Crippen LogP contribution >= 0.6 is 39.1 Å². The lowest BCUT2D eigenvalue weighted by atomic mass is 10.00. The van der Waals surface area contributed by atoms with Crippen LogP contribution in [0, 0.1) is 0 Å². The second-order valence-electron chi connectivity index (χ2n) is 8.83. The van der Waals surface area contributed by atoms with Crippen LogP contribution in [-0.2, 0) is 6.18 Å². The first-order chi connectivity index (χ1) is 20.0. The van der Waals surface area contributed by atoms with Crippen LogP contribution in [0.1, 0.15) is 32.0 Å². The Morgan fingerprint density at radius 1 is 0.929 bits per heavy atom. The summed E-state index contributed by atoms with van der Waals surface area (Å²) in [6.45, 7) is 0. The van der Waals surface area contributed by atoms with Gasteiger partial charge in [0.25, 0.3) is 5.91 Å². The standard InChI is InChI=1S/C30H17BrCl2F3N3O3/c31-17-12-13-24(42-29(41)19-7-2-4-11-23(19)33)16(14-17)15-37-39-28(40)27-25(18-6-1-3-10-22(18)32)20-8-5-9-21(26(20)38-27)30(34,35)36/h1-15,38H,(H,39,40). The van der Waals surface area contributed by atoms with Gasteiger partial charge in [-0.05, 0) is 42.5 Å². The summed E-state index contributed by atoms with van der Waals surface area (Å²) >= 11 is 15.8. The second-order valence-corrected chi connectivity index (χ2v) is 10.6. The van der Waals surface area contributed by atoms with Crippen LogP contribution in [0.2, 0.25) is 10.0 Å². The van der Waals surface area contributed by atoms with Gasteiger partial charge in [-0.2, -0.15) is 18.3 Å². The fourth-order valence-corrected chi connectivity index (χ4v) is 5.10. The number of benzene rings is 4. The number of ether oxygens (including phenoxy) is 1. The Morgan fingerprint density at radius 2 is 1.64 bits per heavy atom. The van der Waals surface area contributed by atoms with Gasteiger partial charge in [-0.15, -0.1) is 0 Å². The monoisotopic (exact) mass is 673 g/mol. The highest BCUT2D eigenvalue weighted by Crippen LogP contribution is 2.41. The van der Waals surface area contributed by atoms with Crippen molar-refractivity contribution in [2.24, 2.45) is 5.10 Å². The molecule has 1 aromatic heterocycles. The molecule has 0 spiro atoms. The van der Waals surface area contributed by atoms with Gasteiger partial charge in [-0.3, -0.25) is 4.79 Å². The van der Waals surface area contributed by atoms with Gasteiger partial charge < -0.3 is 9.72 Å². The molecule has 0 bridgehead atoms. The molecule has 6 nitrogen and oxygen atoms in total. The Labute approximate surface area is 255 Å². The van der Waals surface area contributed by atoms with Crippen LogP contribution in [0.5, 0.6) is 5.75 Å². The molecular formula is C30H17BrCl2F3N3O3. The van der Waals surface area contributed by atoms with Crippen molar-refractivity contribution in [1.82, 2.24) is 10.4 Å². The number of aromatic amines is 1. The van der Waals surface area contributed by atoms with Gasteiger partial charge in [0.05, 0.1) is 27.9 Å². The van der Waals surface area contributed by atoms with E-state index in [-0.39, 0.29) is 43.5 Å². The summed E-state index contributed by atoms with van der Waals surface area (Å²) < 4.78 is 47.6. The third-order valence-electron chi connectivity index (χ3n) is 6.15. The molecule has 0 aliphatic rings. The number of nitrogens with zero attached hydrogens (tertiary/aromatic N) is 1. The topological polar surface area (TPSA) is 83.5 Å². The van der Waals surface area contributed by atoms with Crippen LogP contribution in [-0.4, -0.2) is 23.1 Å². The minimum atomic E-state index is -4.67. The quantitative estimate of drug-likeness (QED) is 0.0817. The van der Waals surface area contributed by atoms with E-state index in [4.69, 9.17) is 27.9 Å². The molecule has 5 rings (SSSR count). The summed E-state index contributed by atoms with van der Waals surface area (Å²) in [6, 6.07) is 21.3. The van der Waals surface area contributed by atoms with E-state index >= 15 is 0 Å². The molecule has 0 fully saturated rings. The minimum absolute atomic E-state index is 0.123. The van der Waals surface area contributed by atoms with Crippen LogP contribution in [0.3, 0.4) is 0 Å². The van der Waals surface area contributed by atoms with Gasteiger partial charge in [-0.1, -0.05) is 81.6 Å². The maximum atomic E-state index is 13.8. The van der Waals surface area contributed by atoms with Crippen molar-refractivity contribution in [3.63, 3.8) is 0 Å². The molecule has 1 heterocycles. The van der Waals surface area contributed by atoms with Gasteiger partial charge in [0.1, 0.15) is 11.4 Å². The number of para-hydroxylation sites is 1. The lowest BCUT2D eigenvalue weighted by Crippen LogP contribution is -2.19. The largest absolute Gasteiger partial charge is 0.422 e. The number of carbonyl (C=O) groups excluding carboxylic acids is 2. The maximum Gasteiger partial charge on any atom is 0.418 e. The van der Waals surface area contributed by atoms with Gasteiger partial charge >= 0.3 is 12.1 Å². The maximum absolute atomic E-state index is 13.8. The van der Waals surface area contributed by atoms with Crippen LogP contribution in [0.15, 0.2) is 94.5 Å². The predicted octanol–water partition coefficient (Wildman–Crippen LogP) is 8.91. The molecule has 0 atom stereocenters. The van der Waals surface area contributed by atoms with Gasteiger partial charge in [0.15, 0.2) is 0 Å². The van der Waals surface area contributed by atoms with E-state index in [1.165, 1.54) is 30.5 Å². The van der Waals surface area contributed by atoms with Crippen molar-refractivity contribution in [2.45, 2.75) is 6.18 Å². The number of fused-ring (bicyclic) bond motifs is 1. The third-order valence-corrected chi connectivity index (χ3v) is 7.30. The number of H-pyrrole nitrogens is 1. The molecule has 212 valence electrons. The number of hydrazone groups is 1. The fraction of sp³-hybridized carbons (Fsp3) is 0.0333. The molecule has 42 heavy (non-hydrogen) atoms. The van der Waals surface area contributed by atoms with Gasteiger partial charge in [-0.25, -0.2) is 10.2 Å². The van der Waals surface area contributed by atoms with E-state index in [2.05, 4.69) is 31.4 Å². The van der Waals surface area contributed by atoms with Crippen molar-refractivity contribution < 1.29 is 27.5 Å². The minimum Gasteiger partial charge on any atom is -0.422 e. The Bertz CT molecular complexity index is 1870. The molecule has 0 aliphatic carbocycles. The lowest BCUT2D eigenvalue weighted by Gasteiger charge is -2.09. The predicted molar refractivity (Wildman–Crippen MR) is 159 cm³/mol. The summed E-state index contributed by atoms with van der Waals surface area (Å²) in [5.41, 5.74) is 1.97. The van der Waals surface area contributed by atoms with Crippen molar-refractivity contribution in [1.29, 1.82) is 0 Å². The Kier molecular flexibility index (Phi) is 8.40. The van der Waals surface area contributed by atoms with Crippen molar-refractivity contribution in [2.75, 3.05) is 0 Å². The number of aromatic nitrogens is 1. The summed E-state index contributed by atoms with van der Waals surface area (Å²) in [6.07, 6.45) is -3.44. The number of hydrogen-bond donors (Lipinski definition) is 2. The van der Waals surface area contributed by atoms with E-state index in [1.54, 1.807) is 54.6 Å². The fourth-order valence-electron chi connectivity index (χ4n) is 4.28. The highest BCUT2D eigenvalue weighted by molar-refractivity contribution is 9.10. The summed E-state index contributed by atoms with van der Waals surface area (Å²) in [7, 11) is 0. The van der Waals surface area contributed by atoms with Crippen molar-refractivity contribution in [3.05, 3.63) is 122 Å². The average molecular weight is 675 g/mol. The molecule has 2 N–H and O–H groups in total. The smallest absolute Gasteiger partial charge is 0.418 e. The zero-order valence-electron chi connectivity index (χ0n) is 21.1. The number of alkyl halides is 3. The summed E-state index contributed by atoms with van der Waals surface area (Å²) in [5.74, 6) is -1.40. The summed E-state index contributed by atoms with van der Waals surface area (Å²) in [5, 5.41) is 4.59. The van der Waals surface area contributed by atoms with E-state index in [1.807, 2.05) is 0 Å². The normalized spacial score (nSPS) is 11.7. The average Bonchev–Trinajstić information content (AvgIpc) is 3.34. The van der Waals surface area contributed by atoms with E-state index < -0.39 is 23.6 Å². The molecule has 4 aromatic carbocycles. The Morgan fingerprint density at radius 3 is 2.36 bits per heavy atom. The highest BCUT2D eigenvalue weighted by atomic mass is 79.9. The molecule has 5 aromatic rings. The van der Waals surface area contributed by atoms with E-state index in [9.17, 15) is 22.8 Å². The van der Waals surface area contributed by atoms with Crippen LogP contribution in [0.4, 0.5) is 13.2 Å². The first-order valence-corrected chi connectivity index (χ1v) is 13.7. The number of halogens is 6. The number of amides is 1.